The van der Waals surface area contributed by atoms with Gasteiger partial charge in [0, 0.05) is 33.5 Å². The van der Waals surface area contributed by atoms with Crippen molar-refractivity contribution in [3.8, 4) is 11.1 Å². The number of anilines is 6. The van der Waals surface area contributed by atoms with Gasteiger partial charge in [0.25, 0.3) is 0 Å². The Balaban J connectivity index is 1.12. The zero-order chi connectivity index (χ0) is 32.6. The summed E-state index contributed by atoms with van der Waals surface area (Å²) >= 11 is 0. The normalized spacial score (nSPS) is 11.3. The highest BCUT2D eigenvalue weighted by Crippen LogP contribution is 2.44. The van der Waals surface area contributed by atoms with Crippen LogP contribution in [0, 0.1) is 0 Å². The number of benzene rings is 8. The van der Waals surface area contributed by atoms with Gasteiger partial charge in [-0.1, -0.05) is 115 Å². The predicted octanol–water partition coefficient (Wildman–Crippen LogP) is 13.3. The summed E-state index contributed by atoms with van der Waals surface area (Å²) in [6.07, 6.45) is 0. The minimum Gasteiger partial charge on any atom is -0.456 e. The number of fused-ring (bicyclic) bond motifs is 4. The first kappa shape index (κ1) is 28.6. The maximum absolute atomic E-state index is 6.27. The smallest absolute Gasteiger partial charge is 0.137 e. The molecule has 0 aliphatic carbocycles. The summed E-state index contributed by atoms with van der Waals surface area (Å²) in [7, 11) is 0. The molecule has 0 amide bonds. The number of rotatable bonds is 7. The summed E-state index contributed by atoms with van der Waals surface area (Å²) in [5.74, 6) is 0. The molecule has 0 radical (unpaired) electrons. The van der Waals surface area contributed by atoms with E-state index in [-0.39, 0.29) is 0 Å². The average molecular weight is 629 g/mol. The van der Waals surface area contributed by atoms with Gasteiger partial charge in [0.1, 0.15) is 11.2 Å². The van der Waals surface area contributed by atoms with Crippen LogP contribution in [0.2, 0.25) is 0 Å². The van der Waals surface area contributed by atoms with E-state index < -0.39 is 0 Å². The van der Waals surface area contributed by atoms with Gasteiger partial charge >= 0.3 is 0 Å². The molecular weight excluding hydrogens is 597 g/mol. The van der Waals surface area contributed by atoms with Gasteiger partial charge in [0.15, 0.2) is 0 Å². The number of hydrogen-bond donors (Lipinski definition) is 0. The molecule has 0 saturated heterocycles. The molecule has 232 valence electrons. The van der Waals surface area contributed by atoms with Crippen LogP contribution in [0.3, 0.4) is 0 Å². The fourth-order valence-corrected chi connectivity index (χ4v) is 6.97. The second-order valence-electron chi connectivity index (χ2n) is 12.2. The lowest BCUT2D eigenvalue weighted by Crippen LogP contribution is -2.10. The highest BCUT2D eigenvalue weighted by Gasteiger charge is 2.19. The van der Waals surface area contributed by atoms with Crippen LogP contribution in [0.5, 0.6) is 0 Å². The second-order valence-corrected chi connectivity index (χ2v) is 12.2. The van der Waals surface area contributed by atoms with E-state index in [2.05, 4.69) is 192 Å². The molecule has 1 aromatic heterocycles. The summed E-state index contributed by atoms with van der Waals surface area (Å²) in [6, 6.07) is 68.5. The van der Waals surface area contributed by atoms with E-state index in [0.29, 0.717) is 0 Å². The third-order valence-electron chi connectivity index (χ3n) is 9.22. The molecule has 0 aliphatic heterocycles. The van der Waals surface area contributed by atoms with Crippen molar-refractivity contribution < 1.29 is 4.42 Å². The topological polar surface area (TPSA) is 19.6 Å². The van der Waals surface area contributed by atoms with Gasteiger partial charge in [-0.05, 0) is 95.4 Å². The minimum absolute atomic E-state index is 0.880. The van der Waals surface area contributed by atoms with Crippen molar-refractivity contribution in [2.24, 2.45) is 0 Å². The summed E-state index contributed by atoms with van der Waals surface area (Å²) < 4.78 is 6.27. The lowest BCUT2D eigenvalue weighted by atomic mass is 9.99. The number of para-hydroxylation sites is 4. The van der Waals surface area contributed by atoms with Gasteiger partial charge < -0.3 is 14.2 Å². The van der Waals surface area contributed by atoms with Crippen LogP contribution in [-0.4, -0.2) is 0 Å². The van der Waals surface area contributed by atoms with Crippen molar-refractivity contribution >= 4 is 66.8 Å². The molecule has 0 fully saturated rings. The summed E-state index contributed by atoms with van der Waals surface area (Å²) in [4.78, 5) is 4.65. The first-order valence-electron chi connectivity index (χ1n) is 16.6. The van der Waals surface area contributed by atoms with Crippen LogP contribution in [0.25, 0.3) is 43.8 Å². The van der Waals surface area contributed by atoms with E-state index in [4.69, 9.17) is 4.42 Å². The molecule has 8 aromatic carbocycles. The first-order valence-corrected chi connectivity index (χ1v) is 16.6. The van der Waals surface area contributed by atoms with Crippen molar-refractivity contribution in [2.45, 2.75) is 0 Å². The van der Waals surface area contributed by atoms with E-state index in [1.165, 1.54) is 21.9 Å². The van der Waals surface area contributed by atoms with Gasteiger partial charge in [-0.2, -0.15) is 0 Å². The van der Waals surface area contributed by atoms with Crippen LogP contribution < -0.4 is 9.80 Å². The molecule has 49 heavy (non-hydrogen) atoms. The molecule has 1 heterocycles. The zero-order valence-corrected chi connectivity index (χ0v) is 26.8. The fraction of sp³-hybridized carbons (Fsp3) is 0. The molecule has 9 rings (SSSR count). The minimum atomic E-state index is 0.880. The molecule has 0 atom stereocenters. The van der Waals surface area contributed by atoms with Crippen molar-refractivity contribution in [1.82, 2.24) is 0 Å². The Labute approximate surface area is 285 Å². The lowest BCUT2D eigenvalue weighted by molar-refractivity contribution is 0.669. The first-order chi connectivity index (χ1) is 24.3. The SMILES string of the molecule is c1ccc(N(c2ccccc2)c2cccc3cc(-c4ccc(N(c5ccccc5)c5cccc6oc7ccccc7c56)cc4)ccc23)cc1. The molecule has 3 heteroatoms. The predicted molar refractivity (Wildman–Crippen MR) is 206 cm³/mol. The third-order valence-corrected chi connectivity index (χ3v) is 9.22. The number of hydrogen-bond acceptors (Lipinski definition) is 3. The Morgan fingerprint density at radius 1 is 0.327 bits per heavy atom. The van der Waals surface area contributed by atoms with Gasteiger partial charge in [-0.3, -0.25) is 0 Å². The van der Waals surface area contributed by atoms with Gasteiger partial charge in [0.2, 0.25) is 0 Å². The van der Waals surface area contributed by atoms with E-state index in [9.17, 15) is 0 Å². The van der Waals surface area contributed by atoms with Crippen LogP contribution in [0.1, 0.15) is 0 Å². The molecule has 0 aliphatic rings. The van der Waals surface area contributed by atoms with Crippen molar-refractivity contribution in [3.05, 3.63) is 194 Å². The molecule has 0 unspecified atom stereocenters. The quantitative estimate of drug-likeness (QED) is 0.175. The summed E-state index contributed by atoms with van der Waals surface area (Å²) in [5, 5.41) is 4.61. The molecule has 3 nitrogen and oxygen atoms in total. The Bertz CT molecular complexity index is 2500. The monoisotopic (exact) mass is 628 g/mol. The van der Waals surface area contributed by atoms with Gasteiger partial charge in [0.05, 0.1) is 16.8 Å². The molecule has 9 aromatic rings. The summed E-state index contributed by atoms with van der Waals surface area (Å²) in [5.41, 5.74) is 10.8. The zero-order valence-electron chi connectivity index (χ0n) is 26.8. The Hall–Kier alpha value is -6.58. The summed E-state index contributed by atoms with van der Waals surface area (Å²) in [6.45, 7) is 0. The molecule has 0 spiro atoms. The second kappa shape index (κ2) is 12.2. The van der Waals surface area contributed by atoms with Gasteiger partial charge in [-0.15, -0.1) is 0 Å². The van der Waals surface area contributed by atoms with E-state index in [0.717, 1.165) is 56.1 Å². The van der Waals surface area contributed by atoms with Crippen LogP contribution in [0.15, 0.2) is 199 Å². The van der Waals surface area contributed by atoms with Crippen LogP contribution in [-0.2, 0) is 0 Å². The molecule has 0 bridgehead atoms. The van der Waals surface area contributed by atoms with E-state index in [1.54, 1.807) is 0 Å². The van der Waals surface area contributed by atoms with Crippen molar-refractivity contribution in [1.29, 1.82) is 0 Å². The highest BCUT2D eigenvalue weighted by molar-refractivity contribution is 6.13. The Kier molecular flexibility index (Phi) is 7.14. The largest absolute Gasteiger partial charge is 0.456 e. The lowest BCUT2D eigenvalue weighted by Gasteiger charge is -2.27. The maximum Gasteiger partial charge on any atom is 0.137 e. The average Bonchev–Trinajstić information content (AvgIpc) is 3.56. The van der Waals surface area contributed by atoms with Gasteiger partial charge in [-0.25, -0.2) is 0 Å². The fourth-order valence-electron chi connectivity index (χ4n) is 6.97. The standard InChI is InChI=1S/C46H32N2O/c1-4-15-36(16-5-1)47(37-17-6-2-7-18-37)42-22-12-14-35-32-34(28-31-40(35)42)33-26-29-39(30-27-33)48(38-19-8-3-9-20-38)43-23-13-25-45-46(43)41-21-10-11-24-44(41)49-45/h1-32H. The Morgan fingerprint density at radius 3 is 1.51 bits per heavy atom. The number of furan rings is 1. The van der Waals surface area contributed by atoms with E-state index >= 15 is 0 Å². The molecular formula is C46H32N2O. The maximum atomic E-state index is 6.27. The van der Waals surface area contributed by atoms with Crippen molar-refractivity contribution in [3.63, 3.8) is 0 Å². The number of nitrogens with zero attached hydrogens (tertiary/aromatic N) is 2. The molecule has 0 saturated carbocycles. The van der Waals surface area contributed by atoms with Crippen LogP contribution in [0.4, 0.5) is 34.1 Å². The molecule has 0 N–H and O–H groups in total. The van der Waals surface area contributed by atoms with Crippen molar-refractivity contribution in [2.75, 3.05) is 9.80 Å². The van der Waals surface area contributed by atoms with E-state index in [1.807, 2.05) is 12.1 Å². The van der Waals surface area contributed by atoms with Crippen LogP contribution >= 0.6 is 0 Å². The highest BCUT2D eigenvalue weighted by atomic mass is 16.3. The third kappa shape index (κ3) is 5.18. The Morgan fingerprint density at radius 2 is 0.837 bits per heavy atom.